The molecule has 5 heteroatoms. The molecule has 0 radical (unpaired) electrons. The summed E-state index contributed by atoms with van der Waals surface area (Å²) in [6, 6.07) is 0.975. The maximum atomic E-state index is 4.26. The quantitative estimate of drug-likeness (QED) is 0.927. The van der Waals surface area contributed by atoms with E-state index in [1.807, 2.05) is 6.92 Å². The minimum atomic E-state index is 0.333. The van der Waals surface area contributed by atoms with Gasteiger partial charge in [0.2, 0.25) is 0 Å². The topological polar surface area (TPSA) is 41.1 Å². The third-order valence-corrected chi connectivity index (χ3v) is 6.10. The van der Waals surface area contributed by atoms with Gasteiger partial charge in [0.15, 0.2) is 0 Å². The van der Waals surface area contributed by atoms with Crippen LogP contribution in [-0.4, -0.2) is 39.8 Å². The van der Waals surface area contributed by atoms with Gasteiger partial charge in [-0.2, -0.15) is 0 Å². The number of hydrogen-bond donors (Lipinski definition) is 1. The number of nitrogens with zero attached hydrogens (tertiary/aromatic N) is 3. The predicted octanol–water partition coefficient (Wildman–Crippen LogP) is 2.90. The molecular weight excluding hydrogens is 268 g/mol. The second-order valence-corrected chi connectivity index (χ2v) is 7.87. The van der Waals surface area contributed by atoms with Crippen molar-refractivity contribution in [1.82, 2.24) is 20.4 Å². The van der Waals surface area contributed by atoms with E-state index in [9.17, 15) is 0 Å². The Kier molecular flexibility index (Phi) is 4.11. The van der Waals surface area contributed by atoms with Crippen molar-refractivity contribution >= 4 is 11.3 Å². The van der Waals surface area contributed by atoms with Gasteiger partial charge in [0.05, 0.1) is 6.04 Å². The minimum Gasteiger partial charge on any atom is -0.305 e. The zero-order valence-electron chi connectivity index (χ0n) is 12.9. The number of aromatic nitrogens is 2. The van der Waals surface area contributed by atoms with Gasteiger partial charge in [-0.15, -0.1) is 21.5 Å². The summed E-state index contributed by atoms with van der Waals surface area (Å²) in [6.07, 6.45) is 6.62. The Morgan fingerprint density at radius 1 is 1.30 bits per heavy atom. The Morgan fingerprint density at radius 2 is 2.00 bits per heavy atom. The van der Waals surface area contributed by atoms with E-state index in [-0.39, 0.29) is 0 Å². The van der Waals surface area contributed by atoms with Crippen LogP contribution in [0.2, 0.25) is 0 Å². The molecule has 0 aromatic carbocycles. The maximum absolute atomic E-state index is 4.26. The lowest BCUT2D eigenvalue weighted by Gasteiger charge is -2.50. The van der Waals surface area contributed by atoms with Crippen molar-refractivity contribution in [2.24, 2.45) is 0 Å². The molecule has 1 aromatic rings. The highest BCUT2D eigenvalue weighted by Crippen LogP contribution is 2.36. The first-order valence-electron chi connectivity index (χ1n) is 7.88. The highest BCUT2D eigenvalue weighted by molar-refractivity contribution is 7.11. The highest BCUT2D eigenvalue weighted by atomic mass is 32.1. The maximum Gasteiger partial charge on any atom is 0.134 e. The normalized spacial score (nSPS) is 32.9. The third kappa shape index (κ3) is 2.90. The molecule has 1 aromatic heterocycles. The molecule has 2 aliphatic rings. The monoisotopic (exact) mass is 294 g/mol. The van der Waals surface area contributed by atoms with Crippen LogP contribution >= 0.6 is 11.3 Å². The Morgan fingerprint density at radius 3 is 2.50 bits per heavy atom. The number of aryl methyl sites for hydroxylation is 1. The van der Waals surface area contributed by atoms with Crippen LogP contribution in [0.15, 0.2) is 0 Å². The Balaban J connectivity index is 1.51. The zero-order valence-corrected chi connectivity index (χ0v) is 13.7. The molecule has 0 bridgehead atoms. The molecule has 2 fully saturated rings. The number of nitrogens with one attached hydrogen (secondary N) is 1. The molecule has 112 valence electrons. The molecule has 1 saturated heterocycles. The number of likely N-dealkylation sites (tertiary alicyclic amines) is 1. The molecule has 1 unspecified atom stereocenters. The first kappa shape index (κ1) is 14.4. The fourth-order valence-electron chi connectivity index (χ4n) is 3.49. The summed E-state index contributed by atoms with van der Waals surface area (Å²) in [5, 5.41) is 14.3. The molecule has 1 saturated carbocycles. The van der Waals surface area contributed by atoms with Crippen LogP contribution in [0.3, 0.4) is 0 Å². The molecule has 1 aliphatic carbocycles. The molecule has 1 aliphatic heterocycles. The summed E-state index contributed by atoms with van der Waals surface area (Å²) >= 11 is 1.71. The van der Waals surface area contributed by atoms with Crippen molar-refractivity contribution in [3.05, 3.63) is 10.0 Å². The summed E-state index contributed by atoms with van der Waals surface area (Å²) in [5.74, 6) is 0. The van der Waals surface area contributed by atoms with Crippen LogP contribution in [0.25, 0.3) is 0 Å². The fourth-order valence-corrected chi connectivity index (χ4v) is 4.20. The molecule has 20 heavy (non-hydrogen) atoms. The average Bonchev–Trinajstić information content (AvgIpc) is 2.77. The van der Waals surface area contributed by atoms with E-state index in [0.29, 0.717) is 17.6 Å². The first-order chi connectivity index (χ1) is 9.57. The van der Waals surface area contributed by atoms with Gasteiger partial charge in [0.1, 0.15) is 10.0 Å². The van der Waals surface area contributed by atoms with E-state index >= 15 is 0 Å². The summed E-state index contributed by atoms with van der Waals surface area (Å²) in [4.78, 5) is 2.68. The standard InChI is InChI=1S/C15H26N4S/c1-11(14-18-17-12(2)20-14)16-13-5-7-15(3,8-6-13)19-9-4-10-19/h11,13,16H,4-10H2,1-3H3. The fraction of sp³-hybridized carbons (Fsp3) is 0.867. The van der Waals surface area contributed by atoms with Crippen molar-refractivity contribution in [3.8, 4) is 0 Å². The molecule has 2 heterocycles. The SMILES string of the molecule is Cc1nnc(C(C)NC2CCC(C)(N3CCC3)CC2)s1. The predicted molar refractivity (Wildman–Crippen MR) is 83.0 cm³/mol. The lowest BCUT2D eigenvalue weighted by Crippen LogP contribution is -2.56. The second-order valence-electron chi connectivity index (χ2n) is 6.66. The molecule has 1 N–H and O–H groups in total. The van der Waals surface area contributed by atoms with Crippen LogP contribution in [0.1, 0.15) is 62.0 Å². The first-order valence-corrected chi connectivity index (χ1v) is 8.69. The van der Waals surface area contributed by atoms with E-state index < -0.39 is 0 Å². The molecule has 3 rings (SSSR count). The van der Waals surface area contributed by atoms with Gasteiger partial charge < -0.3 is 5.32 Å². The minimum absolute atomic E-state index is 0.333. The van der Waals surface area contributed by atoms with E-state index in [4.69, 9.17) is 0 Å². The van der Waals surface area contributed by atoms with Crippen molar-refractivity contribution in [2.45, 2.75) is 70.5 Å². The van der Waals surface area contributed by atoms with Gasteiger partial charge in [-0.05, 0) is 66.0 Å². The Labute approximate surface area is 126 Å². The van der Waals surface area contributed by atoms with Gasteiger partial charge in [0.25, 0.3) is 0 Å². The molecule has 0 spiro atoms. The molecule has 0 amide bonds. The third-order valence-electron chi connectivity index (χ3n) is 5.08. The number of rotatable bonds is 4. The summed E-state index contributed by atoms with van der Waals surface area (Å²) < 4.78 is 0. The van der Waals surface area contributed by atoms with Gasteiger partial charge in [0, 0.05) is 11.6 Å². The molecule has 1 atom stereocenters. The Bertz CT molecular complexity index is 446. The molecular formula is C15H26N4S. The van der Waals surface area contributed by atoms with Crippen molar-refractivity contribution < 1.29 is 0 Å². The van der Waals surface area contributed by atoms with Crippen LogP contribution in [-0.2, 0) is 0 Å². The summed E-state index contributed by atoms with van der Waals surface area (Å²) in [7, 11) is 0. The summed E-state index contributed by atoms with van der Waals surface area (Å²) in [5.41, 5.74) is 0.471. The highest BCUT2D eigenvalue weighted by Gasteiger charge is 2.38. The largest absolute Gasteiger partial charge is 0.305 e. The van der Waals surface area contributed by atoms with Crippen LogP contribution in [0.4, 0.5) is 0 Å². The van der Waals surface area contributed by atoms with Gasteiger partial charge >= 0.3 is 0 Å². The van der Waals surface area contributed by atoms with Crippen LogP contribution in [0, 0.1) is 6.92 Å². The van der Waals surface area contributed by atoms with Crippen molar-refractivity contribution in [2.75, 3.05) is 13.1 Å². The lowest BCUT2D eigenvalue weighted by atomic mass is 9.78. The smallest absolute Gasteiger partial charge is 0.134 e. The van der Waals surface area contributed by atoms with Gasteiger partial charge in [-0.3, -0.25) is 4.90 Å². The van der Waals surface area contributed by atoms with E-state index in [1.54, 1.807) is 11.3 Å². The average molecular weight is 294 g/mol. The van der Waals surface area contributed by atoms with E-state index in [2.05, 4.69) is 34.3 Å². The van der Waals surface area contributed by atoms with Crippen LogP contribution < -0.4 is 5.32 Å². The van der Waals surface area contributed by atoms with E-state index in [1.165, 1.54) is 45.2 Å². The number of hydrogen-bond acceptors (Lipinski definition) is 5. The van der Waals surface area contributed by atoms with Crippen LogP contribution in [0.5, 0.6) is 0 Å². The van der Waals surface area contributed by atoms with E-state index in [0.717, 1.165) is 10.0 Å². The lowest BCUT2D eigenvalue weighted by molar-refractivity contribution is 0.00793. The van der Waals surface area contributed by atoms with Gasteiger partial charge in [-0.25, -0.2) is 0 Å². The summed E-state index contributed by atoms with van der Waals surface area (Å²) in [6.45, 7) is 9.32. The van der Waals surface area contributed by atoms with Gasteiger partial charge in [-0.1, -0.05) is 0 Å². The zero-order chi connectivity index (χ0) is 14.2. The Hall–Kier alpha value is -0.520. The second kappa shape index (κ2) is 5.70. The van der Waals surface area contributed by atoms with Crippen molar-refractivity contribution in [3.63, 3.8) is 0 Å². The van der Waals surface area contributed by atoms with Crippen molar-refractivity contribution in [1.29, 1.82) is 0 Å². The molecule has 4 nitrogen and oxygen atoms in total.